The maximum absolute atomic E-state index is 13.1. The van der Waals surface area contributed by atoms with E-state index in [1.54, 1.807) is 0 Å². The second-order valence-electron chi connectivity index (χ2n) is 24.3. The van der Waals surface area contributed by atoms with E-state index < -0.39 is 172 Å². The molecule has 2 saturated carbocycles. The fourth-order valence-corrected chi connectivity index (χ4v) is 15.2. The lowest BCUT2D eigenvalue weighted by atomic mass is 9.44. The number of hydrogen-bond donors (Lipinski definition) is 14. The van der Waals surface area contributed by atoms with Gasteiger partial charge < -0.3 is 109 Å². The second kappa shape index (κ2) is 22.9. The van der Waals surface area contributed by atoms with Crippen LogP contribution in [0.15, 0.2) is 23.3 Å². The molecule has 4 saturated heterocycles. The summed E-state index contributed by atoms with van der Waals surface area (Å²) in [6, 6.07) is 0. The summed E-state index contributed by atoms with van der Waals surface area (Å²) in [7, 11) is 0. The molecule has 75 heavy (non-hydrogen) atoms. The van der Waals surface area contributed by atoms with Gasteiger partial charge in [0.1, 0.15) is 91.1 Å². The first-order chi connectivity index (χ1) is 35.2. The lowest BCUT2D eigenvalue weighted by Gasteiger charge is -2.62. The number of hydrogen-bond acceptors (Lipinski definition) is 22. The quantitative estimate of drug-likeness (QED) is 0.0782. The summed E-state index contributed by atoms with van der Waals surface area (Å²) in [5, 5.41) is 155. The van der Waals surface area contributed by atoms with Gasteiger partial charge >= 0.3 is 0 Å². The predicted molar refractivity (Wildman–Crippen MR) is 260 cm³/mol. The Labute approximate surface area is 438 Å². The van der Waals surface area contributed by atoms with Crippen molar-refractivity contribution in [3.8, 4) is 0 Å². The fraction of sp³-hybridized carbons (Fsp3) is 0.925. The van der Waals surface area contributed by atoms with Gasteiger partial charge in [0.15, 0.2) is 25.2 Å². The average Bonchev–Trinajstić information content (AvgIpc) is 3.65. The standard InChI is InChI=1S/C53H88O22/c1-22(2)17-26(57)18-23(3)27-11-15-52(8)29-9-10-32-50(6,28(29)12-16-51(27,52)7)14-13-33(53(32,67)21-56)72-49-45(44(37(61)31(20-55)71-49)74-46-40(64)38(62)34(58)24(4)68-46)75-48-42(66)43(35(59)25(5)69-48)73-47-41(65)39(63)36(60)30(19-54)70-47/h23-27,30-49,54-67H,1,9-21H2,2-8H3/t23-,24+,25+,26+,27-,30-,31-,32-,33+,34+,35+,36-,37-,38-,39+,40-,41-,42-,43-,44+,45-,46+,47+,48+,49+,50-,51-,52+,53+/m1/s1. The molecule has 22 nitrogen and oxygen atoms in total. The van der Waals surface area contributed by atoms with Crippen LogP contribution in [0, 0.1) is 34.0 Å². The molecule has 432 valence electrons. The zero-order valence-electron chi connectivity index (χ0n) is 44.4. The van der Waals surface area contributed by atoms with Crippen molar-refractivity contribution in [2.75, 3.05) is 19.8 Å². The van der Waals surface area contributed by atoms with E-state index in [4.69, 9.17) is 37.9 Å². The van der Waals surface area contributed by atoms with Gasteiger partial charge in [-0.2, -0.15) is 0 Å². The van der Waals surface area contributed by atoms with Crippen LogP contribution in [0.3, 0.4) is 0 Å². The topological polar surface area (TPSA) is 357 Å². The number of rotatable bonds is 16. The Morgan fingerprint density at radius 3 is 1.80 bits per heavy atom. The third kappa shape index (κ3) is 10.5. The van der Waals surface area contributed by atoms with Crippen molar-refractivity contribution in [1.82, 2.24) is 0 Å². The molecule has 0 aromatic rings. The van der Waals surface area contributed by atoms with Crippen LogP contribution in [0.2, 0.25) is 0 Å². The summed E-state index contributed by atoms with van der Waals surface area (Å²) in [4.78, 5) is 0. The molecule has 8 aliphatic rings. The van der Waals surface area contributed by atoms with Gasteiger partial charge in [-0.3, -0.25) is 0 Å². The van der Waals surface area contributed by atoms with Crippen LogP contribution in [0.1, 0.15) is 113 Å². The molecule has 0 aromatic heterocycles. The summed E-state index contributed by atoms with van der Waals surface area (Å²) in [5.74, 6) is 0.146. The second-order valence-corrected chi connectivity index (χ2v) is 24.3. The lowest BCUT2D eigenvalue weighted by Crippen LogP contribution is -2.69. The Bertz CT molecular complexity index is 2000. The van der Waals surface area contributed by atoms with Crippen LogP contribution in [0.5, 0.6) is 0 Å². The highest BCUT2D eigenvalue weighted by molar-refractivity contribution is 5.39. The Hall–Kier alpha value is -1.40. The van der Waals surface area contributed by atoms with Gasteiger partial charge in [-0.15, -0.1) is 6.58 Å². The van der Waals surface area contributed by atoms with Crippen LogP contribution in [0.4, 0.5) is 0 Å². The minimum atomic E-state index is -2.01. The molecule has 0 radical (unpaired) electrons. The van der Waals surface area contributed by atoms with Gasteiger partial charge in [0.25, 0.3) is 0 Å². The molecule has 4 aliphatic carbocycles. The van der Waals surface area contributed by atoms with Crippen molar-refractivity contribution in [3.63, 3.8) is 0 Å². The summed E-state index contributed by atoms with van der Waals surface area (Å²) in [5.41, 5.74) is 1.00. The average molecular weight is 1080 g/mol. The summed E-state index contributed by atoms with van der Waals surface area (Å²) < 4.78 is 48.8. The Morgan fingerprint density at radius 2 is 1.17 bits per heavy atom. The van der Waals surface area contributed by atoms with Crippen LogP contribution >= 0.6 is 0 Å². The van der Waals surface area contributed by atoms with E-state index in [2.05, 4.69) is 34.3 Å². The number of ether oxygens (including phenoxy) is 8. The molecule has 6 fully saturated rings. The monoisotopic (exact) mass is 1080 g/mol. The minimum absolute atomic E-state index is 0.0308. The zero-order valence-corrected chi connectivity index (χ0v) is 44.4. The normalized spacial score (nSPS) is 52.1. The molecular weight excluding hydrogens is 989 g/mol. The van der Waals surface area contributed by atoms with Crippen molar-refractivity contribution >= 4 is 0 Å². The maximum atomic E-state index is 13.1. The fourth-order valence-electron chi connectivity index (χ4n) is 15.2. The van der Waals surface area contributed by atoms with Crippen molar-refractivity contribution in [1.29, 1.82) is 0 Å². The van der Waals surface area contributed by atoms with Gasteiger partial charge in [0, 0.05) is 5.92 Å². The van der Waals surface area contributed by atoms with E-state index in [0.29, 0.717) is 38.0 Å². The number of fused-ring (bicyclic) bond motifs is 4. The van der Waals surface area contributed by atoms with Gasteiger partial charge in [0.2, 0.25) is 0 Å². The van der Waals surface area contributed by atoms with Gasteiger partial charge in [-0.25, -0.2) is 0 Å². The zero-order chi connectivity index (χ0) is 55.0. The largest absolute Gasteiger partial charge is 0.394 e. The summed E-state index contributed by atoms with van der Waals surface area (Å²) in [6.45, 7) is 15.6. The molecule has 0 spiro atoms. The van der Waals surface area contributed by atoms with Gasteiger partial charge in [0.05, 0.1) is 44.2 Å². The minimum Gasteiger partial charge on any atom is -0.394 e. The molecule has 0 aromatic carbocycles. The molecule has 0 amide bonds. The van der Waals surface area contributed by atoms with Gasteiger partial charge in [-0.05, 0) is 113 Å². The first-order valence-electron chi connectivity index (χ1n) is 27.2. The Kier molecular flexibility index (Phi) is 18.2. The van der Waals surface area contributed by atoms with Crippen LogP contribution in [-0.4, -0.2) is 232 Å². The van der Waals surface area contributed by atoms with E-state index in [-0.39, 0.29) is 23.2 Å². The van der Waals surface area contributed by atoms with Crippen molar-refractivity contribution in [2.24, 2.45) is 34.0 Å². The highest BCUT2D eigenvalue weighted by Crippen LogP contribution is 2.72. The van der Waals surface area contributed by atoms with E-state index in [1.165, 1.54) is 25.0 Å². The van der Waals surface area contributed by atoms with Crippen molar-refractivity contribution in [2.45, 2.75) is 253 Å². The molecule has 0 bridgehead atoms. The molecule has 14 N–H and O–H groups in total. The number of aliphatic hydroxyl groups excluding tert-OH is 13. The van der Waals surface area contributed by atoms with Crippen molar-refractivity contribution < 1.29 is 109 Å². The molecule has 4 heterocycles. The number of aliphatic hydroxyl groups is 14. The highest BCUT2D eigenvalue weighted by Gasteiger charge is 2.66. The molecular formula is C53H88O22. The SMILES string of the molecule is C=C(C)C[C@H](O)C[C@@H](C)[C@H]1CC[C@@]2(C)C3=C(CC[C@]12C)[C@@]1(C)CC[C@H](O[C@@H]2O[C@H](CO)[C@@H](O)[C@H](O[C@@H]4O[C@@H](C)[C@H](O)[C@@H](O)[C@H]4O)[C@H]2O[C@@H]2O[C@@H](C)[C@H](O)[C@@H](O[C@@H]4O[C@H](CO)[C@@H](O)[C@H](O)[C@H]4O)[C@H]2O)[C@](O)(CO)[C@@H]1CC3. The van der Waals surface area contributed by atoms with Crippen molar-refractivity contribution in [3.05, 3.63) is 23.3 Å². The summed E-state index contributed by atoms with van der Waals surface area (Å²) >= 11 is 0. The maximum Gasteiger partial charge on any atom is 0.187 e. The molecule has 8 rings (SSSR count). The highest BCUT2D eigenvalue weighted by atomic mass is 16.8. The third-order valence-electron chi connectivity index (χ3n) is 19.8. The molecule has 4 aliphatic heterocycles. The Balaban J connectivity index is 1.09. The van der Waals surface area contributed by atoms with Crippen LogP contribution in [-0.2, 0) is 37.9 Å². The third-order valence-corrected chi connectivity index (χ3v) is 19.8. The van der Waals surface area contributed by atoms with Crippen LogP contribution < -0.4 is 0 Å². The van der Waals surface area contributed by atoms with E-state index in [0.717, 1.165) is 31.3 Å². The van der Waals surface area contributed by atoms with E-state index >= 15 is 0 Å². The first-order valence-corrected chi connectivity index (χ1v) is 27.2. The predicted octanol–water partition coefficient (Wildman–Crippen LogP) is -1.50. The lowest BCUT2D eigenvalue weighted by molar-refractivity contribution is -0.405. The van der Waals surface area contributed by atoms with Crippen LogP contribution in [0.25, 0.3) is 0 Å². The molecule has 0 unspecified atom stereocenters. The summed E-state index contributed by atoms with van der Waals surface area (Å²) in [6.07, 6.45) is -28.8. The smallest absolute Gasteiger partial charge is 0.187 e. The van der Waals surface area contributed by atoms with E-state index in [1.807, 2.05) is 6.92 Å². The molecule has 22 heteroatoms. The molecule has 29 atom stereocenters. The first kappa shape index (κ1) is 59.7. The number of allylic oxidation sites excluding steroid dienone is 2. The van der Waals surface area contributed by atoms with E-state index in [9.17, 15) is 71.5 Å². The van der Waals surface area contributed by atoms with Gasteiger partial charge in [-0.1, -0.05) is 44.4 Å². The Morgan fingerprint density at radius 1 is 0.613 bits per heavy atom.